The fraction of sp³-hybridized carbons (Fsp3) is 0.727. The summed E-state index contributed by atoms with van der Waals surface area (Å²) in [5.74, 6) is 0.915. The summed E-state index contributed by atoms with van der Waals surface area (Å²) < 4.78 is 3.10. The molecule has 4 heteroatoms. The summed E-state index contributed by atoms with van der Waals surface area (Å²) in [6.07, 6.45) is 4.22. The summed E-state index contributed by atoms with van der Waals surface area (Å²) in [6.45, 7) is 4.09. The molecule has 0 aromatic carbocycles. The molecular weight excluding hydrogens is 254 g/mol. The van der Waals surface area contributed by atoms with Crippen molar-refractivity contribution in [2.24, 2.45) is 13.0 Å². The van der Waals surface area contributed by atoms with Crippen LogP contribution in [0.2, 0.25) is 0 Å². The van der Waals surface area contributed by atoms with Crippen LogP contribution in [-0.4, -0.2) is 16.3 Å². The number of nitrogens with one attached hydrogen (secondary N) is 1. The molecule has 84 valence electrons. The normalized spacial score (nSPS) is 16.7. The molecule has 1 fully saturated rings. The van der Waals surface area contributed by atoms with E-state index in [4.69, 9.17) is 0 Å². The number of rotatable bonds is 4. The minimum atomic E-state index is 0.911. The van der Waals surface area contributed by atoms with Gasteiger partial charge < -0.3 is 5.32 Å². The molecule has 1 aliphatic carbocycles. The average Bonchev–Trinajstić information content (AvgIpc) is 2.35. The number of halogens is 1. The molecule has 1 aromatic heterocycles. The van der Waals surface area contributed by atoms with Crippen molar-refractivity contribution in [2.75, 3.05) is 6.54 Å². The average molecular weight is 272 g/mol. The molecule has 0 spiro atoms. The molecule has 0 atom stereocenters. The number of aryl methyl sites for hydroxylation is 2. The Labute approximate surface area is 99.4 Å². The van der Waals surface area contributed by atoms with E-state index >= 15 is 0 Å². The van der Waals surface area contributed by atoms with Crippen LogP contribution >= 0.6 is 15.9 Å². The lowest BCUT2D eigenvalue weighted by atomic mass is 9.85. The molecule has 0 amide bonds. The van der Waals surface area contributed by atoms with Crippen molar-refractivity contribution in [3.05, 3.63) is 15.9 Å². The molecule has 1 aliphatic rings. The SMILES string of the molecule is Cc1nn(C)c(CNCC2CCC2)c1Br. The Hall–Kier alpha value is -0.350. The van der Waals surface area contributed by atoms with Crippen molar-refractivity contribution in [1.29, 1.82) is 0 Å². The van der Waals surface area contributed by atoms with E-state index in [1.54, 1.807) is 0 Å². The lowest BCUT2D eigenvalue weighted by molar-refractivity contribution is 0.300. The van der Waals surface area contributed by atoms with Crippen molar-refractivity contribution in [3.8, 4) is 0 Å². The fourth-order valence-electron chi connectivity index (χ4n) is 1.96. The summed E-state index contributed by atoms with van der Waals surface area (Å²) in [7, 11) is 2.00. The van der Waals surface area contributed by atoms with Gasteiger partial charge in [0.1, 0.15) is 0 Å². The smallest absolute Gasteiger partial charge is 0.0739 e. The number of hydrogen-bond donors (Lipinski definition) is 1. The molecule has 1 heterocycles. The van der Waals surface area contributed by atoms with Crippen LogP contribution in [-0.2, 0) is 13.6 Å². The third-order valence-corrected chi connectivity index (χ3v) is 4.24. The van der Waals surface area contributed by atoms with Gasteiger partial charge in [-0.25, -0.2) is 0 Å². The van der Waals surface area contributed by atoms with E-state index in [9.17, 15) is 0 Å². The summed E-state index contributed by atoms with van der Waals surface area (Å²) in [4.78, 5) is 0. The van der Waals surface area contributed by atoms with Gasteiger partial charge in [0.25, 0.3) is 0 Å². The lowest BCUT2D eigenvalue weighted by Gasteiger charge is -2.25. The fourth-order valence-corrected chi connectivity index (χ4v) is 2.44. The van der Waals surface area contributed by atoms with Crippen LogP contribution in [0, 0.1) is 12.8 Å². The first kappa shape index (κ1) is 11.1. The highest BCUT2D eigenvalue weighted by Crippen LogP contribution is 2.25. The van der Waals surface area contributed by atoms with Gasteiger partial charge in [-0.2, -0.15) is 5.10 Å². The Morgan fingerprint density at radius 1 is 1.53 bits per heavy atom. The van der Waals surface area contributed by atoms with E-state index in [-0.39, 0.29) is 0 Å². The minimum Gasteiger partial charge on any atom is -0.311 e. The Morgan fingerprint density at radius 2 is 2.27 bits per heavy atom. The highest BCUT2D eigenvalue weighted by molar-refractivity contribution is 9.10. The molecule has 3 nitrogen and oxygen atoms in total. The highest BCUT2D eigenvalue weighted by Gasteiger charge is 2.17. The molecular formula is C11H18BrN3. The molecule has 0 bridgehead atoms. The monoisotopic (exact) mass is 271 g/mol. The Morgan fingerprint density at radius 3 is 2.73 bits per heavy atom. The molecule has 1 N–H and O–H groups in total. The quantitative estimate of drug-likeness (QED) is 0.912. The topological polar surface area (TPSA) is 29.9 Å². The van der Waals surface area contributed by atoms with Gasteiger partial charge in [0.2, 0.25) is 0 Å². The van der Waals surface area contributed by atoms with E-state index in [1.165, 1.54) is 25.0 Å². The van der Waals surface area contributed by atoms with Gasteiger partial charge in [-0.15, -0.1) is 0 Å². The zero-order valence-electron chi connectivity index (χ0n) is 9.39. The van der Waals surface area contributed by atoms with Crippen LogP contribution in [0.4, 0.5) is 0 Å². The van der Waals surface area contributed by atoms with Gasteiger partial charge in [0, 0.05) is 13.6 Å². The zero-order chi connectivity index (χ0) is 10.8. The maximum Gasteiger partial charge on any atom is 0.0739 e. The van der Waals surface area contributed by atoms with Crippen molar-refractivity contribution in [3.63, 3.8) is 0 Å². The highest BCUT2D eigenvalue weighted by atomic mass is 79.9. The van der Waals surface area contributed by atoms with Gasteiger partial charge in [0.05, 0.1) is 15.9 Å². The molecule has 1 aromatic rings. The van der Waals surface area contributed by atoms with E-state index in [0.29, 0.717) is 0 Å². The van der Waals surface area contributed by atoms with Gasteiger partial charge in [-0.05, 0) is 48.2 Å². The molecule has 0 aliphatic heterocycles. The second-order valence-corrected chi connectivity index (χ2v) is 5.19. The molecule has 0 radical (unpaired) electrons. The number of hydrogen-bond acceptors (Lipinski definition) is 2. The second kappa shape index (κ2) is 4.66. The van der Waals surface area contributed by atoms with Crippen molar-refractivity contribution < 1.29 is 0 Å². The van der Waals surface area contributed by atoms with Crippen LogP contribution in [0.15, 0.2) is 4.47 Å². The number of aromatic nitrogens is 2. The summed E-state index contributed by atoms with van der Waals surface area (Å²) in [5, 5.41) is 7.88. The van der Waals surface area contributed by atoms with Crippen LogP contribution in [0.3, 0.4) is 0 Å². The van der Waals surface area contributed by atoms with E-state index in [1.807, 2.05) is 18.7 Å². The maximum atomic E-state index is 4.37. The van der Waals surface area contributed by atoms with Gasteiger partial charge in [-0.3, -0.25) is 4.68 Å². The molecule has 1 saturated carbocycles. The first-order valence-electron chi connectivity index (χ1n) is 5.57. The third kappa shape index (κ3) is 2.42. The van der Waals surface area contributed by atoms with E-state index in [2.05, 4.69) is 26.3 Å². The largest absolute Gasteiger partial charge is 0.311 e. The third-order valence-electron chi connectivity index (χ3n) is 3.21. The predicted molar refractivity (Wildman–Crippen MR) is 64.7 cm³/mol. The van der Waals surface area contributed by atoms with Gasteiger partial charge >= 0.3 is 0 Å². The molecule has 15 heavy (non-hydrogen) atoms. The van der Waals surface area contributed by atoms with E-state index < -0.39 is 0 Å². The van der Waals surface area contributed by atoms with Crippen molar-refractivity contribution in [1.82, 2.24) is 15.1 Å². The lowest BCUT2D eigenvalue weighted by Crippen LogP contribution is -2.27. The maximum absolute atomic E-state index is 4.37. The number of nitrogens with zero attached hydrogens (tertiary/aromatic N) is 2. The van der Waals surface area contributed by atoms with Gasteiger partial charge in [-0.1, -0.05) is 6.42 Å². The van der Waals surface area contributed by atoms with Crippen LogP contribution in [0.1, 0.15) is 30.7 Å². The van der Waals surface area contributed by atoms with E-state index in [0.717, 1.165) is 29.2 Å². The van der Waals surface area contributed by atoms with Crippen molar-refractivity contribution >= 4 is 15.9 Å². The van der Waals surface area contributed by atoms with Gasteiger partial charge in [0.15, 0.2) is 0 Å². The Kier molecular flexibility index (Phi) is 3.46. The van der Waals surface area contributed by atoms with Crippen LogP contribution < -0.4 is 5.32 Å². The second-order valence-electron chi connectivity index (χ2n) is 4.40. The first-order chi connectivity index (χ1) is 7.18. The summed E-state index contributed by atoms with van der Waals surface area (Å²) in [6, 6.07) is 0. The zero-order valence-corrected chi connectivity index (χ0v) is 11.0. The Bertz CT molecular complexity index is 342. The molecule has 0 unspecified atom stereocenters. The molecule has 2 rings (SSSR count). The standard InChI is InChI=1S/C11H18BrN3/c1-8-11(12)10(15(2)14-8)7-13-6-9-4-3-5-9/h9,13H,3-7H2,1-2H3. The van der Waals surface area contributed by atoms with Crippen molar-refractivity contribution in [2.45, 2.75) is 32.7 Å². The predicted octanol–water partition coefficient (Wildman–Crippen LogP) is 2.38. The first-order valence-corrected chi connectivity index (χ1v) is 6.36. The van der Waals surface area contributed by atoms with Crippen LogP contribution in [0.5, 0.6) is 0 Å². The summed E-state index contributed by atoms with van der Waals surface area (Å²) >= 11 is 3.58. The minimum absolute atomic E-state index is 0.911. The molecule has 0 saturated heterocycles. The van der Waals surface area contributed by atoms with Crippen LogP contribution in [0.25, 0.3) is 0 Å². The Balaban J connectivity index is 1.86. The summed E-state index contributed by atoms with van der Waals surface area (Å²) in [5.41, 5.74) is 2.31.